The van der Waals surface area contributed by atoms with Crippen LogP contribution in [0.4, 0.5) is 8.78 Å². The van der Waals surface area contributed by atoms with Crippen molar-refractivity contribution in [2.45, 2.75) is 0 Å². The second-order valence-corrected chi connectivity index (χ2v) is 8.01. The predicted octanol–water partition coefficient (Wildman–Crippen LogP) is 6.01. The van der Waals surface area contributed by atoms with E-state index in [1.807, 2.05) is 0 Å². The number of para-hydroxylation sites is 1. The molecule has 0 aliphatic rings. The molecular weight excluding hydrogens is 534 g/mol. The predicted molar refractivity (Wildman–Crippen MR) is 133 cm³/mol. The zero-order valence-electron chi connectivity index (χ0n) is 19.9. The third-order valence-electron chi connectivity index (χ3n) is 5.58. The van der Waals surface area contributed by atoms with E-state index in [4.69, 9.17) is 9.47 Å². The van der Waals surface area contributed by atoms with E-state index in [1.165, 1.54) is 18.2 Å². The molecule has 0 fully saturated rings. The molecule has 202 valence electrons. The van der Waals surface area contributed by atoms with Crippen LogP contribution in [-0.2, 0) is 0 Å². The van der Waals surface area contributed by atoms with E-state index in [2.05, 4.69) is 0 Å². The van der Waals surface area contributed by atoms with E-state index in [-0.39, 0.29) is 17.1 Å². The molecule has 0 aromatic heterocycles. The average molecular weight is 550 g/mol. The van der Waals surface area contributed by atoms with Gasteiger partial charge in [-0.05, 0) is 35.9 Å². The summed E-state index contributed by atoms with van der Waals surface area (Å²) in [6, 6.07) is 15.7. The molecule has 0 amide bonds. The number of hydrogen-bond donors (Lipinski definition) is 4. The highest BCUT2D eigenvalue weighted by Crippen LogP contribution is 2.44. The van der Waals surface area contributed by atoms with Crippen molar-refractivity contribution < 1.29 is 57.9 Å². The van der Waals surface area contributed by atoms with Gasteiger partial charge in [0.1, 0.15) is 45.4 Å². The van der Waals surface area contributed by atoms with Gasteiger partial charge >= 0.3 is 23.9 Å². The van der Waals surface area contributed by atoms with Gasteiger partial charge in [0.25, 0.3) is 0 Å². The third kappa shape index (κ3) is 5.13. The standard InChI is InChI=1S/C28H16F2O10/c29-15-9-11-17(22(27(35)36)20(15)25(31)32)39-19-8-4-7-14(13-5-2-1-3-6-13)24(19)40-18-12-10-16(30)21(26(33)34)23(18)28(37)38/h1-12H,(H,31,32)(H,33,34)(H,35,36)(H,37,38). The number of carboxylic acid groups (broad SMARTS) is 4. The normalized spacial score (nSPS) is 10.6. The first-order chi connectivity index (χ1) is 19.0. The fourth-order valence-corrected chi connectivity index (χ4v) is 3.90. The highest BCUT2D eigenvalue weighted by molar-refractivity contribution is 6.05. The number of carbonyl (C=O) groups is 4. The maximum absolute atomic E-state index is 14.3. The molecule has 0 atom stereocenters. The summed E-state index contributed by atoms with van der Waals surface area (Å²) < 4.78 is 40.1. The van der Waals surface area contributed by atoms with Crippen LogP contribution in [0, 0.1) is 11.6 Å². The summed E-state index contributed by atoms with van der Waals surface area (Å²) in [5, 5.41) is 38.2. The van der Waals surface area contributed by atoms with Crippen LogP contribution in [0.25, 0.3) is 11.1 Å². The monoisotopic (exact) mass is 550 g/mol. The van der Waals surface area contributed by atoms with Crippen molar-refractivity contribution in [3.05, 3.63) is 107 Å². The summed E-state index contributed by atoms with van der Waals surface area (Å²) in [6.07, 6.45) is 0. The molecule has 4 rings (SSSR count). The lowest BCUT2D eigenvalue weighted by Crippen LogP contribution is -2.13. The fourth-order valence-electron chi connectivity index (χ4n) is 3.90. The van der Waals surface area contributed by atoms with Gasteiger partial charge in [0.05, 0.1) is 0 Å². The maximum Gasteiger partial charge on any atom is 0.340 e. The molecule has 0 radical (unpaired) electrons. The summed E-state index contributed by atoms with van der Waals surface area (Å²) in [4.78, 5) is 47.1. The van der Waals surface area contributed by atoms with Gasteiger partial charge in [-0.3, -0.25) is 0 Å². The summed E-state index contributed by atoms with van der Waals surface area (Å²) in [6.45, 7) is 0. The Labute approximate surface area is 222 Å². The number of aromatic carboxylic acids is 4. The van der Waals surface area contributed by atoms with Gasteiger partial charge in [-0.2, -0.15) is 0 Å². The Morgan fingerprint density at radius 1 is 0.500 bits per heavy atom. The van der Waals surface area contributed by atoms with Crippen molar-refractivity contribution in [2.24, 2.45) is 0 Å². The van der Waals surface area contributed by atoms with Crippen LogP contribution < -0.4 is 9.47 Å². The number of carboxylic acids is 4. The SMILES string of the molecule is O=C(O)c1c(F)ccc(Oc2cccc(-c3ccccc3)c2Oc2ccc(F)c(C(=O)O)c2C(=O)O)c1C(=O)O. The van der Waals surface area contributed by atoms with E-state index in [0.717, 1.165) is 12.1 Å². The molecule has 0 aliphatic carbocycles. The molecule has 4 aromatic carbocycles. The van der Waals surface area contributed by atoms with Crippen molar-refractivity contribution in [1.82, 2.24) is 0 Å². The van der Waals surface area contributed by atoms with E-state index >= 15 is 0 Å². The van der Waals surface area contributed by atoms with E-state index in [1.54, 1.807) is 30.3 Å². The van der Waals surface area contributed by atoms with Crippen molar-refractivity contribution in [3.63, 3.8) is 0 Å². The maximum atomic E-state index is 14.3. The Morgan fingerprint density at radius 3 is 1.45 bits per heavy atom. The Morgan fingerprint density at radius 2 is 0.975 bits per heavy atom. The van der Waals surface area contributed by atoms with Gasteiger partial charge in [0, 0.05) is 5.56 Å². The van der Waals surface area contributed by atoms with Gasteiger partial charge in [-0.15, -0.1) is 0 Å². The third-order valence-corrected chi connectivity index (χ3v) is 5.58. The van der Waals surface area contributed by atoms with Crippen LogP contribution in [0.15, 0.2) is 72.8 Å². The number of benzene rings is 4. The Balaban J connectivity index is 1.97. The minimum atomic E-state index is -1.87. The van der Waals surface area contributed by atoms with Crippen molar-refractivity contribution >= 4 is 23.9 Å². The molecule has 0 heterocycles. The molecular formula is C28H16F2O10. The van der Waals surface area contributed by atoms with Gasteiger partial charge < -0.3 is 29.9 Å². The van der Waals surface area contributed by atoms with Gasteiger partial charge in [-0.1, -0.05) is 42.5 Å². The second-order valence-electron chi connectivity index (χ2n) is 8.01. The number of hydrogen-bond acceptors (Lipinski definition) is 6. The van der Waals surface area contributed by atoms with E-state index < -0.39 is 69.3 Å². The molecule has 0 spiro atoms. The molecule has 10 nitrogen and oxygen atoms in total. The van der Waals surface area contributed by atoms with Crippen molar-refractivity contribution in [1.29, 1.82) is 0 Å². The Kier molecular flexibility index (Phi) is 7.44. The summed E-state index contributed by atoms with van der Waals surface area (Å²) in [5.41, 5.74) is -3.61. The topological polar surface area (TPSA) is 168 Å². The van der Waals surface area contributed by atoms with Crippen LogP contribution >= 0.6 is 0 Å². The lowest BCUT2D eigenvalue weighted by atomic mass is 10.0. The molecule has 40 heavy (non-hydrogen) atoms. The van der Waals surface area contributed by atoms with Crippen LogP contribution in [0.2, 0.25) is 0 Å². The van der Waals surface area contributed by atoms with Crippen LogP contribution in [0.5, 0.6) is 23.0 Å². The van der Waals surface area contributed by atoms with E-state index in [9.17, 15) is 48.4 Å². The highest BCUT2D eigenvalue weighted by Gasteiger charge is 2.29. The zero-order valence-corrected chi connectivity index (χ0v) is 19.9. The smallest absolute Gasteiger partial charge is 0.340 e. The molecule has 4 N–H and O–H groups in total. The van der Waals surface area contributed by atoms with Crippen molar-refractivity contribution in [2.75, 3.05) is 0 Å². The van der Waals surface area contributed by atoms with Crippen LogP contribution in [-0.4, -0.2) is 44.3 Å². The Bertz CT molecular complexity index is 1680. The average Bonchev–Trinajstić information content (AvgIpc) is 2.90. The minimum Gasteiger partial charge on any atom is -0.478 e. The number of halogens is 2. The van der Waals surface area contributed by atoms with Crippen LogP contribution in [0.3, 0.4) is 0 Å². The summed E-state index contributed by atoms with van der Waals surface area (Å²) in [5.74, 6) is -11.8. The summed E-state index contributed by atoms with van der Waals surface area (Å²) in [7, 11) is 0. The lowest BCUT2D eigenvalue weighted by Gasteiger charge is -2.19. The minimum absolute atomic E-state index is 0.244. The number of ether oxygens (including phenoxy) is 2. The molecule has 4 aromatic rings. The van der Waals surface area contributed by atoms with E-state index in [0.29, 0.717) is 17.7 Å². The largest absolute Gasteiger partial charge is 0.478 e. The Hall–Kier alpha value is -5.78. The molecule has 0 saturated carbocycles. The quantitative estimate of drug-likeness (QED) is 0.194. The first kappa shape index (κ1) is 27.3. The second kappa shape index (κ2) is 10.9. The van der Waals surface area contributed by atoms with Crippen molar-refractivity contribution in [3.8, 4) is 34.1 Å². The first-order valence-corrected chi connectivity index (χ1v) is 11.1. The lowest BCUT2D eigenvalue weighted by molar-refractivity contribution is 0.0644. The molecule has 0 aliphatic heterocycles. The number of rotatable bonds is 9. The van der Waals surface area contributed by atoms with Gasteiger partial charge in [-0.25, -0.2) is 28.0 Å². The summed E-state index contributed by atoms with van der Waals surface area (Å²) >= 11 is 0. The van der Waals surface area contributed by atoms with Gasteiger partial charge in [0.2, 0.25) is 0 Å². The molecule has 0 unspecified atom stereocenters. The molecule has 0 saturated heterocycles. The zero-order chi connectivity index (χ0) is 29.1. The molecule has 12 heteroatoms. The fraction of sp³-hybridized carbons (Fsp3) is 0. The van der Waals surface area contributed by atoms with Crippen LogP contribution in [0.1, 0.15) is 41.4 Å². The molecule has 0 bridgehead atoms. The highest BCUT2D eigenvalue weighted by atomic mass is 19.1. The first-order valence-electron chi connectivity index (χ1n) is 11.1. The van der Waals surface area contributed by atoms with Gasteiger partial charge in [0.15, 0.2) is 11.5 Å².